The van der Waals surface area contributed by atoms with Gasteiger partial charge in [0.1, 0.15) is 0 Å². The summed E-state index contributed by atoms with van der Waals surface area (Å²) in [6.07, 6.45) is 3.28. The summed E-state index contributed by atoms with van der Waals surface area (Å²) in [5, 5.41) is 10.5. The molecule has 0 aromatic heterocycles. The van der Waals surface area contributed by atoms with Crippen molar-refractivity contribution in [2.45, 2.75) is 43.9 Å². The van der Waals surface area contributed by atoms with Gasteiger partial charge >= 0.3 is 0 Å². The van der Waals surface area contributed by atoms with Crippen LogP contribution in [-0.2, 0) is 0 Å². The Labute approximate surface area is 143 Å². The third-order valence-corrected chi connectivity index (χ3v) is 5.31. The number of hydrogen-bond donors (Lipinski definition) is 2. The first-order valence-electron chi connectivity index (χ1n) is 8.82. The Morgan fingerprint density at radius 2 is 1.71 bits per heavy atom. The maximum Gasteiger partial charge on any atom is 0.219 e. The predicted octanol–water partition coefficient (Wildman–Crippen LogP) is 2.43. The van der Waals surface area contributed by atoms with Crippen molar-refractivity contribution >= 4 is 5.78 Å². The van der Waals surface area contributed by atoms with Crippen molar-refractivity contribution in [1.29, 1.82) is 0 Å². The number of ketones is 1. The molecule has 3 nitrogen and oxygen atoms in total. The van der Waals surface area contributed by atoms with E-state index in [-0.39, 0.29) is 11.8 Å². The van der Waals surface area contributed by atoms with E-state index >= 15 is 0 Å². The zero-order valence-corrected chi connectivity index (χ0v) is 14.2. The van der Waals surface area contributed by atoms with Crippen LogP contribution in [0.3, 0.4) is 0 Å². The molecule has 1 heterocycles. The van der Waals surface area contributed by atoms with E-state index in [0.717, 1.165) is 30.4 Å². The molecule has 24 heavy (non-hydrogen) atoms. The quantitative estimate of drug-likeness (QED) is 0.830. The molecule has 1 fully saturated rings. The van der Waals surface area contributed by atoms with Crippen molar-refractivity contribution in [1.82, 2.24) is 0 Å². The highest BCUT2D eigenvalue weighted by Gasteiger charge is 2.37. The van der Waals surface area contributed by atoms with E-state index in [0.29, 0.717) is 12.5 Å². The Balaban J connectivity index is 1.69. The van der Waals surface area contributed by atoms with Gasteiger partial charge in [-0.1, -0.05) is 60.7 Å². The average Bonchev–Trinajstić information content (AvgIpc) is 2.64. The monoisotopic (exact) mass is 324 g/mol. The number of likely N-dealkylation sites (N-methyl/N-ethyl adjacent to an activating group) is 1. The van der Waals surface area contributed by atoms with Gasteiger partial charge in [0.25, 0.3) is 0 Å². The van der Waals surface area contributed by atoms with Gasteiger partial charge in [-0.2, -0.15) is 0 Å². The van der Waals surface area contributed by atoms with Crippen LogP contribution in [0.5, 0.6) is 0 Å². The Bertz CT molecular complexity index is 656. The number of Topliss-reactive ketones (excluding diaryl/α,β-unsaturated/α-hetero) is 1. The molecule has 0 aliphatic carbocycles. The van der Waals surface area contributed by atoms with Crippen LogP contribution in [0.1, 0.15) is 47.7 Å². The molecule has 0 saturated carbocycles. The zero-order valence-electron chi connectivity index (χ0n) is 14.2. The second-order valence-electron chi connectivity index (χ2n) is 6.82. The van der Waals surface area contributed by atoms with Gasteiger partial charge < -0.3 is 10.0 Å². The van der Waals surface area contributed by atoms with Crippen LogP contribution in [-0.4, -0.2) is 30.0 Å². The molecule has 1 unspecified atom stereocenters. The average molecular weight is 324 g/mol. The van der Waals surface area contributed by atoms with Crippen molar-refractivity contribution in [3.8, 4) is 0 Å². The lowest BCUT2D eigenvalue weighted by atomic mass is 9.88. The molecule has 3 rings (SSSR count). The highest BCUT2D eigenvalue weighted by molar-refractivity contribution is 5.99. The van der Waals surface area contributed by atoms with Crippen LogP contribution in [0, 0.1) is 0 Å². The minimum absolute atomic E-state index is 0.00544. The smallest absolute Gasteiger partial charge is 0.219 e. The first-order valence-corrected chi connectivity index (χ1v) is 8.82. The molecule has 126 valence electrons. The summed E-state index contributed by atoms with van der Waals surface area (Å²) >= 11 is 0. The van der Waals surface area contributed by atoms with Crippen molar-refractivity contribution in [2.75, 3.05) is 7.05 Å². The highest BCUT2D eigenvalue weighted by atomic mass is 16.3. The molecule has 1 aliphatic rings. The number of piperidine rings is 1. The van der Waals surface area contributed by atoms with Gasteiger partial charge in [-0.05, 0) is 18.4 Å². The first-order chi connectivity index (χ1) is 11.7. The van der Waals surface area contributed by atoms with Crippen molar-refractivity contribution in [3.05, 3.63) is 71.8 Å². The summed E-state index contributed by atoms with van der Waals surface area (Å²) in [5.74, 6) is 0.229. The van der Waals surface area contributed by atoms with Crippen LogP contribution < -0.4 is 4.90 Å². The Hall–Kier alpha value is -1.97. The Kier molecular flexibility index (Phi) is 5.44. The molecule has 4 atom stereocenters. The predicted molar refractivity (Wildman–Crippen MR) is 95.1 cm³/mol. The van der Waals surface area contributed by atoms with E-state index in [1.807, 2.05) is 60.7 Å². The maximum atomic E-state index is 12.8. The number of quaternary nitrogens is 1. The molecular weight excluding hydrogens is 298 g/mol. The maximum absolute atomic E-state index is 12.8. The Morgan fingerprint density at radius 1 is 1.08 bits per heavy atom. The number of likely N-dealkylation sites (tertiary alicyclic amines) is 1. The summed E-state index contributed by atoms with van der Waals surface area (Å²) in [6.45, 7) is 0. The van der Waals surface area contributed by atoms with E-state index < -0.39 is 6.10 Å². The fourth-order valence-corrected chi connectivity index (χ4v) is 3.83. The van der Waals surface area contributed by atoms with Gasteiger partial charge in [0.05, 0.1) is 19.2 Å². The lowest BCUT2D eigenvalue weighted by Crippen LogP contribution is -3.18. The summed E-state index contributed by atoms with van der Waals surface area (Å²) < 4.78 is 0. The standard InChI is InChI=1S/C21H25NO2/c1-22-18(15-20(23)16-9-4-2-5-10-16)13-8-14-19(22)21(24)17-11-6-3-7-12-17/h2-7,9-12,18-20,23H,8,13-15H2,1H3/p+1/t18-,19+,20-/m0/s1. The zero-order chi connectivity index (χ0) is 16.9. The summed E-state index contributed by atoms with van der Waals surface area (Å²) in [4.78, 5) is 14.1. The first kappa shape index (κ1) is 16.9. The van der Waals surface area contributed by atoms with Crippen LogP contribution in [0.25, 0.3) is 0 Å². The third kappa shape index (κ3) is 3.74. The number of nitrogens with one attached hydrogen (secondary N) is 1. The van der Waals surface area contributed by atoms with E-state index in [4.69, 9.17) is 0 Å². The van der Waals surface area contributed by atoms with E-state index in [2.05, 4.69) is 7.05 Å². The lowest BCUT2D eigenvalue weighted by molar-refractivity contribution is -0.927. The van der Waals surface area contributed by atoms with E-state index in [9.17, 15) is 9.90 Å². The summed E-state index contributed by atoms with van der Waals surface area (Å²) in [6, 6.07) is 19.7. The Morgan fingerprint density at radius 3 is 2.38 bits per heavy atom. The molecule has 2 aromatic rings. The minimum Gasteiger partial charge on any atom is -0.388 e. The van der Waals surface area contributed by atoms with Gasteiger partial charge in [-0.25, -0.2) is 0 Å². The van der Waals surface area contributed by atoms with Crippen LogP contribution >= 0.6 is 0 Å². The number of aliphatic hydroxyl groups excluding tert-OH is 1. The number of carbonyl (C=O) groups excluding carboxylic acids is 1. The number of hydrogen-bond acceptors (Lipinski definition) is 2. The SMILES string of the molecule is C[NH+]1[C@H](C[C@H](O)c2ccccc2)CCC[C@@H]1C(=O)c1ccccc1. The minimum atomic E-state index is -0.461. The number of rotatable bonds is 5. The van der Waals surface area contributed by atoms with Gasteiger partial charge in [0.15, 0.2) is 6.04 Å². The van der Waals surface area contributed by atoms with Gasteiger partial charge in [-0.15, -0.1) is 0 Å². The van der Waals surface area contributed by atoms with Crippen molar-refractivity contribution < 1.29 is 14.8 Å². The fraction of sp³-hybridized carbons (Fsp3) is 0.381. The molecule has 0 amide bonds. The topological polar surface area (TPSA) is 41.7 Å². The summed E-state index contributed by atoms with van der Waals surface area (Å²) in [5.41, 5.74) is 1.76. The van der Waals surface area contributed by atoms with Crippen molar-refractivity contribution in [2.24, 2.45) is 0 Å². The molecular formula is C21H26NO2+. The molecule has 0 bridgehead atoms. The summed E-state index contributed by atoms with van der Waals surface area (Å²) in [7, 11) is 2.10. The molecule has 0 radical (unpaired) electrons. The third-order valence-electron chi connectivity index (χ3n) is 5.31. The second-order valence-corrected chi connectivity index (χ2v) is 6.82. The molecule has 3 heteroatoms. The second kappa shape index (κ2) is 7.73. The van der Waals surface area contributed by atoms with E-state index in [1.54, 1.807) is 0 Å². The number of aliphatic hydroxyl groups is 1. The van der Waals surface area contributed by atoms with Crippen molar-refractivity contribution in [3.63, 3.8) is 0 Å². The van der Waals surface area contributed by atoms with Gasteiger partial charge in [0.2, 0.25) is 5.78 Å². The van der Waals surface area contributed by atoms with E-state index in [1.165, 1.54) is 4.90 Å². The normalized spacial score (nSPS) is 25.2. The van der Waals surface area contributed by atoms with Crippen LogP contribution in [0.15, 0.2) is 60.7 Å². The molecule has 0 spiro atoms. The molecule has 2 N–H and O–H groups in total. The van der Waals surface area contributed by atoms with Crippen LogP contribution in [0.2, 0.25) is 0 Å². The molecule has 2 aromatic carbocycles. The largest absolute Gasteiger partial charge is 0.388 e. The highest BCUT2D eigenvalue weighted by Crippen LogP contribution is 2.22. The number of benzene rings is 2. The fourth-order valence-electron chi connectivity index (χ4n) is 3.83. The lowest BCUT2D eigenvalue weighted by Gasteiger charge is -2.36. The molecule has 1 saturated heterocycles. The van der Waals surface area contributed by atoms with Gasteiger partial charge in [-0.3, -0.25) is 4.79 Å². The van der Waals surface area contributed by atoms with Crippen LogP contribution in [0.4, 0.5) is 0 Å². The molecule has 1 aliphatic heterocycles. The van der Waals surface area contributed by atoms with Gasteiger partial charge in [0, 0.05) is 18.4 Å². The number of carbonyl (C=O) groups is 1.